The summed E-state index contributed by atoms with van der Waals surface area (Å²) in [5.74, 6) is 0.604. The molecule has 0 radical (unpaired) electrons. The van der Waals surface area contributed by atoms with Crippen LogP contribution in [-0.4, -0.2) is 10.7 Å². The predicted octanol–water partition coefficient (Wildman–Crippen LogP) is 2.28. The molecule has 1 N–H and O–H groups in total. The van der Waals surface area contributed by atoms with Crippen LogP contribution in [0.15, 0.2) is 24.8 Å². The first-order valence-corrected chi connectivity index (χ1v) is 4.17. The first-order valence-electron chi connectivity index (χ1n) is 4.17. The lowest BCUT2D eigenvalue weighted by Crippen LogP contribution is -2.25. The van der Waals surface area contributed by atoms with Crippen LogP contribution in [0.5, 0.6) is 0 Å². The lowest BCUT2D eigenvalue weighted by molar-refractivity contribution is 0.0883. The molecular weight excluding hydrogens is 136 g/mol. The minimum absolute atomic E-state index is 0.558. The zero-order chi connectivity index (χ0) is 8.32. The average Bonchev–Trinajstić information content (AvgIpc) is 1.94. The second kappa shape index (κ2) is 3.22. The summed E-state index contributed by atoms with van der Waals surface area (Å²) in [4.78, 5) is 0. The highest BCUT2D eigenvalue weighted by atomic mass is 16.3. The first-order chi connectivity index (χ1) is 5.14. The van der Waals surface area contributed by atoms with E-state index in [-0.39, 0.29) is 0 Å². The second-order valence-corrected chi connectivity index (χ2v) is 3.54. The molecule has 11 heavy (non-hydrogen) atoms. The number of allylic oxidation sites excluding steroid dienone is 2. The van der Waals surface area contributed by atoms with Gasteiger partial charge in [0.05, 0.1) is 5.60 Å². The molecule has 1 rings (SSSR count). The summed E-state index contributed by atoms with van der Waals surface area (Å²) in [6, 6.07) is 0. The number of hydrogen-bond acceptors (Lipinski definition) is 1. The third-order valence-electron chi connectivity index (χ3n) is 2.22. The molecule has 0 fully saturated rings. The van der Waals surface area contributed by atoms with Crippen molar-refractivity contribution in [1.82, 2.24) is 0 Å². The molecule has 0 heterocycles. The number of hydrogen-bond donors (Lipinski definition) is 1. The van der Waals surface area contributed by atoms with E-state index in [1.807, 2.05) is 19.1 Å². The summed E-state index contributed by atoms with van der Waals surface area (Å²) in [6.45, 7) is 5.55. The van der Waals surface area contributed by atoms with Gasteiger partial charge in [-0.05, 0) is 32.1 Å². The fourth-order valence-electron chi connectivity index (χ4n) is 1.41. The van der Waals surface area contributed by atoms with E-state index in [1.165, 1.54) is 0 Å². The molecule has 0 aromatic carbocycles. The first kappa shape index (κ1) is 8.54. The Morgan fingerprint density at radius 2 is 2.55 bits per heavy atom. The average molecular weight is 152 g/mol. The summed E-state index contributed by atoms with van der Waals surface area (Å²) in [7, 11) is 0. The number of aliphatic hydroxyl groups is 1. The van der Waals surface area contributed by atoms with Crippen molar-refractivity contribution < 1.29 is 5.11 Å². The summed E-state index contributed by atoms with van der Waals surface area (Å²) >= 11 is 0. The van der Waals surface area contributed by atoms with E-state index in [0.29, 0.717) is 5.92 Å². The summed E-state index contributed by atoms with van der Waals surface area (Å²) in [5, 5.41) is 9.55. The van der Waals surface area contributed by atoms with Crippen molar-refractivity contribution in [2.45, 2.75) is 31.8 Å². The van der Waals surface area contributed by atoms with Crippen LogP contribution < -0.4 is 0 Å². The topological polar surface area (TPSA) is 20.2 Å². The van der Waals surface area contributed by atoms with Crippen LogP contribution in [0, 0.1) is 5.92 Å². The van der Waals surface area contributed by atoms with Crippen LogP contribution >= 0.6 is 0 Å². The van der Waals surface area contributed by atoms with Crippen molar-refractivity contribution in [2.24, 2.45) is 5.92 Å². The van der Waals surface area contributed by atoms with Crippen molar-refractivity contribution in [3.63, 3.8) is 0 Å². The van der Waals surface area contributed by atoms with Crippen molar-refractivity contribution in [1.29, 1.82) is 0 Å². The SMILES string of the molecule is C=CCC1C=CC(C)(O)CC1. The molecule has 2 unspecified atom stereocenters. The maximum absolute atomic E-state index is 9.55. The van der Waals surface area contributed by atoms with Gasteiger partial charge in [0.1, 0.15) is 0 Å². The highest BCUT2D eigenvalue weighted by molar-refractivity contribution is 5.06. The molecule has 1 aliphatic carbocycles. The maximum Gasteiger partial charge on any atom is 0.0800 e. The van der Waals surface area contributed by atoms with E-state index in [0.717, 1.165) is 19.3 Å². The van der Waals surface area contributed by atoms with Crippen LogP contribution in [0.1, 0.15) is 26.2 Å². The van der Waals surface area contributed by atoms with E-state index in [4.69, 9.17) is 0 Å². The molecule has 0 spiro atoms. The summed E-state index contributed by atoms with van der Waals surface area (Å²) < 4.78 is 0. The van der Waals surface area contributed by atoms with Gasteiger partial charge in [0.15, 0.2) is 0 Å². The Kier molecular flexibility index (Phi) is 2.50. The van der Waals surface area contributed by atoms with E-state index < -0.39 is 5.60 Å². The zero-order valence-electron chi connectivity index (χ0n) is 7.09. The van der Waals surface area contributed by atoms with Crippen molar-refractivity contribution in [2.75, 3.05) is 0 Å². The summed E-state index contributed by atoms with van der Waals surface area (Å²) in [5.41, 5.74) is -0.558. The maximum atomic E-state index is 9.55. The molecule has 62 valence electrons. The van der Waals surface area contributed by atoms with Crippen LogP contribution in [-0.2, 0) is 0 Å². The molecule has 2 atom stereocenters. The van der Waals surface area contributed by atoms with Crippen LogP contribution in [0.25, 0.3) is 0 Å². The van der Waals surface area contributed by atoms with Gasteiger partial charge < -0.3 is 5.11 Å². The van der Waals surface area contributed by atoms with Crippen molar-refractivity contribution in [3.05, 3.63) is 24.8 Å². The van der Waals surface area contributed by atoms with Gasteiger partial charge in [0.25, 0.3) is 0 Å². The molecule has 0 amide bonds. The zero-order valence-corrected chi connectivity index (χ0v) is 7.09. The third-order valence-corrected chi connectivity index (χ3v) is 2.22. The standard InChI is InChI=1S/C10H16O/c1-3-4-9-5-7-10(2,11)8-6-9/h3,5,7,9,11H,1,4,6,8H2,2H3. The van der Waals surface area contributed by atoms with E-state index in [9.17, 15) is 5.11 Å². The lowest BCUT2D eigenvalue weighted by atomic mass is 9.85. The van der Waals surface area contributed by atoms with Crippen LogP contribution in [0.3, 0.4) is 0 Å². The van der Waals surface area contributed by atoms with Gasteiger partial charge in [-0.25, -0.2) is 0 Å². The molecule has 1 heteroatoms. The van der Waals surface area contributed by atoms with Gasteiger partial charge in [-0.1, -0.05) is 18.2 Å². The lowest BCUT2D eigenvalue weighted by Gasteiger charge is -2.26. The fourth-order valence-corrected chi connectivity index (χ4v) is 1.41. The van der Waals surface area contributed by atoms with Crippen molar-refractivity contribution in [3.8, 4) is 0 Å². The van der Waals surface area contributed by atoms with Gasteiger partial charge in [-0.2, -0.15) is 0 Å². The highest BCUT2D eigenvalue weighted by Crippen LogP contribution is 2.27. The molecule has 1 nitrogen and oxygen atoms in total. The highest BCUT2D eigenvalue weighted by Gasteiger charge is 2.22. The van der Waals surface area contributed by atoms with Gasteiger partial charge >= 0.3 is 0 Å². The van der Waals surface area contributed by atoms with E-state index >= 15 is 0 Å². The van der Waals surface area contributed by atoms with Crippen LogP contribution in [0.2, 0.25) is 0 Å². The van der Waals surface area contributed by atoms with Gasteiger partial charge in [-0.3, -0.25) is 0 Å². The second-order valence-electron chi connectivity index (χ2n) is 3.54. The molecule has 0 saturated carbocycles. The number of rotatable bonds is 2. The monoisotopic (exact) mass is 152 g/mol. The van der Waals surface area contributed by atoms with Crippen molar-refractivity contribution >= 4 is 0 Å². The molecule has 0 aromatic rings. The van der Waals surface area contributed by atoms with E-state index in [2.05, 4.69) is 12.7 Å². The summed E-state index contributed by atoms with van der Waals surface area (Å²) in [6.07, 6.45) is 8.94. The predicted molar refractivity (Wildman–Crippen MR) is 47.3 cm³/mol. The third kappa shape index (κ3) is 2.51. The molecule has 0 saturated heterocycles. The minimum atomic E-state index is -0.558. The molecule has 0 bridgehead atoms. The molecule has 0 aliphatic heterocycles. The Balaban J connectivity index is 2.49. The van der Waals surface area contributed by atoms with Gasteiger partial charge in [0.2, 0.25) is 0 Å². The van der Waals surface area contributed by atoms with Crippen LogP contribution in [0.4, 0.5) is 0 Å². The Labute approximate surface area is 68.4 Å². The van der Waals surface area contributed by atoms with E-state index in [1.54, 1.807) is 0 Å². The Morgan fingerprint density at radius 1 is 1.82 bits per heavy atom. The Morgan fingerprint density at radius 3 is 3.00 bits per heavy atom. The minimum Gasteiger partial charge on any atom is -0.386 e. The quantitative estimate of drug-likeness (QED) is 0.602. The molecular formula is C10H16O. The normalized spacial score (nSPS) is 37.1. The largest absolute Gasteiger partial charge is 0.386 e. The van der Waals surface area contributed by atoms with Gasteiger partial charge in [-0.15, -0.1) is 6.58 Å². The fraction of sp³-hybridized carbons (Fsp3) is 0.600. The van der Waals surface area contributed by atoms with Gasteiger partial charge in [0, 0.05) is 0 Å². The molecule has 1 aliphatic rings. The smallest absolute Gasteiger partial charge is 0.0800 e. The Hall–Kier alpha value is -0.560. The Bertz CT molecular complexity index is 168. The molecule has 0 aromatic heterocycles.